The quantitative estimate of drug-likeness (QED) is 0.922. The second-order valence-electron chi connectivity index (χ2n) is 5.35. The number of hydrogen-bond donors (Lipinski definition) is 1. The number of rotatable bonds is 5. The standard InChI is InChI=1S/C17H19NO3S/c1-13-7-6-10-16(11-13)14(2)17(19)18-22(20,21)12-15-8-4-3-5-9-15/h3-11,14H,12H2,1-2H3,(H,18,19). The van der Waals surface area contributed by atoms with Gasteiger partial charge in [-0.15, -0.1) is 0 Å². The Bertz CT molecular complexity index is 754. The molecule has 0 bridgehead atoms. The van der Waals surface area contributed by atoms with E-state index in [0.29, 0.717) is 5.56 Å². The maximum absolute atomic E-state index is 12.2. The van der Waals surface area contributed by atoms with E-state index in [0.717, 1.165) is 11.1 Å². The lowest BCUT2D eigenvalue weighted by Gasteiger charge is -2.13. The third-order valence-corrected chi connectivity index (χ3v) is 4.62. The highest BCUT2D eigenvalue weighted by atomic mass is 32.2. The predicted octanol–water partition coefficient (Wildman–Crippen LogP) is 2.74. The maximum Gasteiger partial charge on any atom is 0.240 e. The molecule has 1 N–H and O–H groups in total. The molecular formula is C17H19NO3S. The Morgan fingerprint density at radius 2 is 1.77 bits per heavy atom. The second-order valence-corrected chi connectivity index (χ2v) is 7.07. The number of aryl methyl sites for hydroxylation is 1. The predicted molar refractivity (Wildman–Crippen MR) is 86.8 cm³/mol. The molecular weight excluding hydrogens is 298 g/mol. The number of carbonyl (C=O) groups excluding carboxylic acids is 1. The van der Waals surface area contributed by atoms with Crippen LogP contribution in [-0.2, 0) is 20.6 Å². The first-order valence-electron chi connectivity index (χ1n) is 7.02. The highest BCUT2D eigenvalue weighted by molar-refractivity contribution is 7.89. The van der Waals surface area contributed by atoms with E-state index in [2.05, 4.69) is 4.72 Å². The monoisotopic (exact) mass is 317 g/mol. The summed E-state index contributed by atoms with van der Waals surface area (Å²) in [5.74, 6) is -1.24. The highest BCUT2D eigenvalue weighted by Crippen LogP contribution is 2.17. The van der Waals surface area contributed by atoms with Gasteiger partial charge in [0, 0.05) is 0 Å². The SMILES string of the molecule is Cc1cccc(C(C)C(=O)NS(=O)(=O)Cc2ccccc2)c1. The van der Waals surface area contributed by atoms with Crippen LogP contribution in [0.2, 0.25) is 0 Å². The molecule has 22 heavy (non-hydrogen) atoms. The fourth-order valence-corrected chi connectivity index (χ4v) is 3.35. The number of carbonyl (C=O) groups is 1. The number of hydrogen-bond acceptors (Lipinski definition) is 3. The van der Waals surface area contributed by atoms with E-state index in [-0.39, 0.29) is 5.75 Å². The lowest BCUT2D eigenvalue weighted by atomic mass is 9.99. The average molecular weight is 317 g/mol. The van der Waals surface area contributed by atoms with Gasteiger partial charge in [0.2, 0.25) is 15.9 Å². The number of nitrogens with one attached hydrogen (secondary N) is 1. The topological polar surface area (TPSA) is 63.2 Å². The Hall–Kier alpha value is -2.14. The van der Waals surface area contributed by atoms with Gasteiger partial charge in [-0.2, -0.15) is 0 Å². The molecule has 2 rings (SSSR count). The first kappa shape index (κ1) is 16.2. The molecule has 0 aromatic heterocycles. The van der Waals surface area contributed by atoms with Crippen molar-refractivity contribution >= 4 is 15.9 Å². The Morgan fingerprint density at radius 1 is 1.09 bits per heavy atom. The number of sulfonamides is 1. The van der Waals surface area contributed by atoms with Crippen molar-refractivity contribution in [3.05, 3.63) is 71.3 Å². The van der Waals surface area contributed by atoms with Gasteiger partial charge in [0.15, 0.2) is 0 Å². The van der Waals surface area contributed by atoms with Crippen molar-refractivity contribution in [1.29, 1.82) is 0 Å². The third kappa shape index (κ3) is 4.43. The largest absolute Gasteiger partial charge is 0.273 e. The molecule has 2 aromatic rings. The zero-order chi connectivity index (χ0) is 16.2. The number of benzene rings is 2. The molecule has 0 heterocycles. The molecule has 1 unspecified atom stereocenters. The molecule has 0 aliphatic carbocycles. The van der Waals surface area contributed by atoms with Crippen LogP contribution in [0.1, 0.15) is 29.5 Å². The summed E-state index contributed by atoms with van der Waals surface area (Å²) in [5.41, 5.74) is 2.47. The molecule has 0 aliphatic rings. The van der Waals surface area contributed by atoms with E-state index >= 15 is 0 Å². The van der Waals surface area contributed by atoms with Crippen LogP contribution in [-0.4, -0.2) is 14.3 Å². The van der Waals surface area contributed by atoms with E-state index in [9.17, 15) is 13.2 Å². The van der Waals surface area contributed by atoms with Crippen LogP contribution in [0.25, 0.3) is 0 Å². The van der Waals surface area contributed by atoms with E-state index in [1.807, 2.05) is 37.3 Å². The van der Waals surface area contributed by atoms with Crippen LogP contribution in [0.15, 0.2) is 54.6 Å². The van der Waals surface area contributed by atoms with Crippen molar-refractivity contribution in [2.24, 2.45) is 0 Å². The minimum atomic E-state index is -3.70. The summed E-state index contributed by atoms with van der Waals surface area (Å²) in [6.45, 7) is 3.63. The molecule has 0 saturated heterocycles. The highest BCUT2D eigenvalue weighted by Gasteiger charge is 2.21. The van der Waals surface area contributed by atoms with Crippen molar-refractivity contribution in [2.75, 3.05) is 0 Å². The fraction of sp³-hybridized carbons (Fsp3) is 0.235. The van der Waals surface area contributed by atoms with E-state index in [4.69, 9.17) is 0 Å². The fourth-order valence-electron chi connectivity index (χ4n) is 2.16. The van der Waals surface area contributed by atoms with Gasteiger partial charge < -0.3 is 0 Å². The maximum atomic E-state index is 12.2. The molecule has 0 spiro atoms. The normalized spacial score (nSPS) is 12.6. The average Bonchev–Trinajstić information content (AvgIpc) is 2.46. The summed E-state index contributed by atoms with van der Waals surface area (Å²) in [6.07, 6.45) is 0. The van der Waals surface area contributed by atoms with Crippen molar-refractivity contribution in [3.8, 4) is 0 Å². The first-order valence-corrected chi connectivity index (χ1v) is 8.67. The third-order valence-electron chi connectivity index (χ3n) is 3.39. The zero-order valence-electron chi connectivity index (χ0n) is 12.6. The van der Waals surface area contributed by atoms with Crippen molar-refractivity contribution < 1.29 is 13.2 Å². The Morgan fingerprint density at radius 3 is 2.41 bits per heavy atom. The molecule has 1 amide bonds. The summed E-state index contributed by atoms with van der Waals surface area (Å²) in [4.78, 5) is 12.2. The van der Waals surface area contributed by atoms with Crippen molar-refractivity contribution in [3.63, 3.8) is 0 Å². The summed E-state index contributed by atoms with van der Waals surface area (Å²) in [6, 6.07) is 16.3. The van der Waals surface area contributed by atoms with Gasteiger partial charge in [0.25, 0.3) is 0 Å². The van der Waals surface area contributed by atoms with Crippen LogP contribution >= 0.6 is 0 Å². The minimum Gasteiger partial charge on any atom is -0.273 e. The molecule has 116 valence electrons. The van der Waals surface area contributed by atoms with Gasteiger partial charge in [-0.1, -0.05) is 60.2 Å². The number of amides is 1. The van der Waals surface area contributed by atoms with Gasteiger partial charge in [-0.3, -0.25) is 9.52 Å². The van der Waals surface area contributed by atoms with Gasteiger partial charge in [-0.05, 0) is 25.0 Å². The van der Waals surface area contributed by atoms with Crippen LogP contribution in [0, 0.1) is 6.92 Å². The van der Waals surface area contributed by atoms with E-state index in [1.165, 1.54) is 0 Å². The molecule has 1 atom stereocenters. The minimum absolute atomic E-state index is 0.208. The Balaban J connectivity index is 2.07. The van der Waals surface area contributed by atoms with Gasteiger partial charge >= 0.3 is 0 Å². The summed E-state index contributed by atoms with van der Waals surface area (Å²) < 4.78 is 26.3. The molecule has 0 fully saturated rings. The summed E-state index contributed by atoms with van der Waals surface area (Å²) >= 11 is 0. The van der Waals surface area contributed by atoms with Gasteiger partial charge in [0.1, 0.15) is 0 Å². The summed E-state index contributed by atoms with van der Waals surface area (Å²) in [5, 5.41) is 0. The molecule has 4 nitrogen and oxygen atoms in total. The van der Waals surface area contributed by atoms with Crippen LogP contribution in [0.4, 0.5) is 0 Å². The molecule has 0 saturated carbocycles. The molecule has 0 radical (unpaired) electrons. The lowest BCUT2D eigenvalue weighted by Crippen LogP contribution is -2.34. The van der Waals surface area contributed by atoms with Gasteiger partial charge in [0.05, 0.1) is 11.7 Å². The summed E-state index contributed by atoms with van der Waals surface area (Å²) in [7, 11) is -3.70. The lowest BCUT2D eigenvalue weighted by molar-refractivity contribution is -0.120. The van der Waals surface area contributed by atoms with Crippen molar-refractivity contribution in [1.82, 2.24) is 4.72 Å². The van der Waals surface area contributed by atoms with Crippen LogP contribution in [0.3, 0.4) is 0 Å². The Kier molecular flexibility index (Phi) is 4.98. The first-order chi connectivity index (χ1) is 10.4. The Labute approximate surface area is 131 Å². The van der Waals surface area contributed by atoms with Crippen LogP contribution < -0.4 is 4.72 Å². The van der Waals surface area contributed by atoms with Crippen LogP contribution in [0.5, 0.6) is 0 Å². The van der Waals surface area contributed by atoms with Gasteiger partial charge in [-0.25, -0.2) is 8.42 Å². The van der Waals surface area contributed by atoms with Crippen molar-refractivity contribution in [2.45, 2.75) is 25.5 Å². The molecule has 2 aromatic carbocycles. The van der Waals surface area contributed by atoms with E-state index in [1.54, 1.807) is 31.2 Å². The van der Waals surface area contributed by atoms with E-state index < -0.39 is 21.8 Å². The smallest absolute Gasteiger partial charge is 0.240 e. The zero-order valence-corrected chi connectivity index (χ0v) is 13.4. The molecule has 0 aliphatic heterocycles. The second kappa shape index (κ2) is 6.75. The molecule has 5 heteroatoms.